The van der Waals surface area contributed by atoms with Gasteiger partial charge in [0.1, 0.15) is 0 Å². The summed E-state index contributed by atoms with van der Waals surface area (Å²) in [5.41, 5.74) is 0. The molecule has 0 amide bonds. The normalized spacial score (nSPS) is 14.7. The second-order valence-corrected chi connectivity index (χ2v) is 4.23. The zero-order chi connectivity index (χ0) is 7.82. The van der Waals surface area contributed by atoms with Crippen molar-refractivity contribution in [2.24, 2.45) is 5.92 Å². The smallest absolute Gasteiger partial charge is 0.0186 e. The molecule has 0 bridgehead atoms. The Bertz CT molecular complexity index is 66.3. The zero-order valence-electron chi connectivity index (χ0n) is 6.99. The molecule has 0 heterocycles. The molecule has 10 heavy (non-hydrogen) atoms. The fraction of sp³-hybridized carbons (Fsp3) is 1.00. The minimum Gasteiger partial charge on any atom is -0.100 e. The van der Waals surface area contributed by atoms with Gasteiger partial charge in [-0.15, -0.1) is 11.2 Å². The van der Waals surface area contributed by atoms with E-state index in [-0.39, 0.29) is 0 Å². The Labute approximate surface area is 71.3 Å². The maximum absolute atomic E-state index is 5.68. The molecule has 0 aliphatic heterocycles. The van der Waals surface area contributed by atoms with E-state index in [2.05, 4.69) is 13.8 Å². The van der Waals surface area contributed by atoms with Crippen molar-refractivity contribution in [1.29, 1.82) is 0 Å². The van der Waals surface area contributed by atoms with E-state index in [4.69, 9.17) is 11.2 Å². The maximum Gasteiger partial charge on any atom is -0.0186 e. The van der Waals surface area contributed by atoms with Crippen LogP contribution in [0.15, 0.2) is 0 Å². The topological polar surface area (TPSA) is 0 Å². The van der Waals surface area contributed by atoms with Crippen molar-refractivity contribution in [3.05, 3.63) is 0 Å². The summed E-state index contributed by atoms with van der Waals surface area (Å²) in [5.74, 6) is 0.899. The first-order chi connectivity index (χ1) is 4.85. The summed E-state index contributed by atoms with van der Waals surface area (Å²) in [4.78, 5) is 0. The Morgan fingerprint density at radius 1 is 1.40 bits per heavy atom. The van der Waals surface area contributed by atoms with Crippen molar-refractivity contribution in [2.45, 2.75) is 39.5 Å². The van der Waals surface area contributed by atoms with Crippen molar-refractivity contribution in [2.75, 3.05) is 6.16 Å². The Kier molecular flexibility index (Phi) is 8.39. The van der Waals surface area contributed by atoms with Gasteiger partial charge >= 0.3 is 0 Å². The molecule has 0 nitrogen and oxygen atoms in total. The largest absolute Gasteiger partial charge is 0.100 e. The highest BCUT2D eigenvalue weighted by molar-refractivity contribution is 7.68. The van der Waals surface area contributed by atoms with Crippen LogP contribution in [0.1, 0.15) is 39.5 Å². The van der Waals surface area contributed by atoms with E-state index in [1.165, 1.54) is 31.8 Å². The van der Waals surface area contributed by atoms with Crippen LogP contribution in [-0.2, 0) is 0 Å². The van der Waals surface area contributed by atoms with Gasteiger partial charge in [0.25, 0.3) is 0 Å². The van der Waals surface area contributed by atoms with Crippen LogP contribution in [-0.4, -0.2) is 6.16 Å². The van der Waals surface area contributed by atoms with E-state index in [1.54, 1.807) is 0 Å². The molecule has 2 atom stereocenters. The number of unbranched alkanes of at least 4 members (excludes halogenated alkanes) is 1. The molecule has 0 aromatic rings. The standard InChI is InChI=1S/C8H18ClP/c1-3-5-6-8(4-2)7-10-9/h8,10H,3-7H2,1-2H3. The molecular formula is C8H18ClP. The van der Waals surface area contributed by atoms with E-state index in [1.807, 2.05) is 0 Å². The zero-order valence-corrected chi connectivity index (χ0v) is 8.75. The van der Waals surface area contributed by atoms with Crippen molar-refractivity contribution in [3.8, 4) is 0 Å². The third-order valence-electron chi connectivity index (χ3n) is 1.91. The quantitative estimate of drug-likeness (QED) is 0.542. The van der Waals surface area contributed by atoms with Crippen LogP contribution in [0.5, 0.6) is 0 Å². The Morgan fingerprint density at radius 3 is 2.50 bits per heavy atom. The molecule has 62 valence electrons. The van der Waals surface area contributed by atoms with E-state index in [9.17, 15) is 0 Å². The lowest BCUT2D eigenvalue weighted by Gasteiger charge is -2.10. The van der Waals surface area contributed by atoms with Gasteiger partial charge in [0, 0.05) is 0 Å². The minimum atomic E-state index is 0.628. The Hall–Kier alpha value is 0.720. The first-order valence-corrected chi connectivity index (χ1v) is 6.40. The average Bonchev–Trinajstić information content (AvgIpc) is 1.98. The third kappa shape index (κ3) is 5.50. The highest BCUT2D eigenvalue weighted by Gasteiger charge is 2.03. The number of rotatable bonds is 6. The fourth-order valence-electron chi connectivity index (χ4n) is 1.05. The first kappa shape index (κ1) is 10.7. The van der Waals surface area contributed by atoms with Gasteiger partial charge in [-0.25, -0.2) is 0 Å². The Balaban J connectivity index is 3.21. The van der Waals surface area contributed by atoms with Crippen LogP contribution in [0.3, 0.4) is 0 Å². The second kappa shape index (κ2) is 7.82. The third-order valence-corrected chi connectivity index (χ3v) is 3.10. The SMILES string of the molecule is CCCCC(CC)CPCl. The van der Waals surface area contributed by atoms with Crippen LogP contribution in [0.2, 0.25) is 0 Å². The number of halogens is 1. The summed E-state index contributed by atoms with van der Waals surface area (Å²) in [6, 6.07) is 0. The predicted molar refractivity (Wildman–Crippen MR) is 52.3 cm³/mol. The van der Waals surface area contributed by atoms with E-state index >= 15 is 0 Å². The molecule has 0 aromatic heterocycles. The summed E-state index contributed by atoms with van der Waals surface area (Å²) in [6.07, 6.45) is 6.62. The van der Waals surface area contributed by atoms with Crippen LogP contribution in [0, 0.1) is 5.92 Å². The predicted octanol–water partition coefficient (Wildman–Crippen LogP) is 4.04. The van der Waals surface area contributed by atoms with Crippen molar-refractivity contribution in [1.82, 2.24) is 0 Å². The van der Waals surface area contributed by atoms with Gasteiger partial charge in [-0.1, -0.05) is 39.5 Å². The summed E-state index contributed by atoms with van der Waals surface area (Å²) in [6.45, 7) is 4.51. The lowest BCUT2D eigenvalue weighted by atomic mass is 10.0. The Morgan fingerprint density at radius 2 is 2.10 bits per heavy atom. The van der Waals surface area contributed by atoms with Gasteiger partial charge in [-0.3, -0.25) is 0 Å². The molecular weight excluding hydrogens is 163 g/mol. The second-order valence-electron chi connectivity index (χ2n) is 2.75. The fourth-order valence-corrected chi connectivity index (χ4v) is 2.42. The van der Waals surface area contributed by atoms with Gasteiger partial charge < -0.3 is 0 Å². The monoisotopic (exact) mass is 180 g/mol. The highest BCUT2D eigenvalue weighted by atomic mass is 35.7. The van der Waals surface area contributed by atoms with Crippen molar-refractivity contribution in [3.63, 3.8) is 0 Å². The molecule has 2 unspecified atom stereocenters. The number of hydrogen-bond donors (Lipinski definition) is 0. The van der Waals surface area contributed by atoms with Gasteiger partial charge in [-0.05, 0) is 20.0 Å². The summed E-state index contributed by atoms with van der Waals surface area (Å²) < 4.78 is 0. The molecule has 0 aliphatic rings. The van der Waals surface area contributed by atoms with Gasteiger partial charge in [-0.2, -0.15) is 0 Å². The van der Waals surface area contributed by atoms with E-state index in [0.717, 1.165) is 5.92 Å². The molecule has 0 radical (unpaired) electrons. The van der Waals surface area contributed by atoms with E-state index in [0.29, 0.717) is 7.93 Å². The van der Waals surface area contributed by atoms with Crippen LogP contribution < -0.4 is 0 Å². The number of hydrogen-bond acceptors (Lipinski definition) is 0. The van der Waals surface area contributed by atoms with Crippen LogP contribution >= 0.6 is 19.2 Å². The minimum absolute atomic E-state index is 0.628. The van der Waals surface area contributed by atoms with Crippen molar-refractivity contribution < 1.29 is 0 Å². The molecule has 0 rings (SSSR count). The first-order valence-electron chi connectivity index (χ1n) is 4.18. The summed E-state index contributed by atoms with van der Waals surface area (Å²) in [7, 11) is 0.628. The van der Waals surface area contributed by atoms with Crippen molar-refractivity contribution >= 4 is 19.2 Å². The molecule has 2 heteroatoms. The molecule has 0 aliphatic carbocycles. The van der Waals surface area contributed by atoms with Gasteiger partial charge in [0.15, 0.2) is 0 Å². The van der Waals surface area contributed by atoms with E-state index < -0.39 is 0 Å². The molecule has 0 saturated heterocycles. The molecule has 0 fully saturated rings. The highest BCUT2D eigenvalue weighted by Crippen LogP contribution is 2.25. The lowest BCUT2D eigenvalue weighted by molar-refractivity contribution is 0.499. The molecule has 0 aromatic carbocycles. The van der Waals surface area contributed by atoms with Crippen LogP contribution in [0.4, 0.5) is 0 Å². The van der Waals surface area contributed by atoms with Crippen LogP contribution in [0.25, 0.3) is 0 Å². The van der Waals surface area contributed by atoms with Gasteiger partial charge in [0.05, 0.1) is 0 Å². The summed E-state index contributed by atoms with van der Waals surface area (Å²) >= 11 is 5.68. The lowest BCUT2D eigenvalue weighted by Crippen LogP contribution is -1.99. The van der Waals surface area contributed by atoms with Gasteiger partial charge in [0.2, 0.25) is 0 Å². The summed E-state index contributed by atoms with van der Waals surface area (Å²) in [5, 5.41) is 0. The average molecular weight is 181 g/mol. The molecule has 0 saturated carbocycles. The molecule has 0 spiro atoms. The maximum atomic E-state index is 5.68. The molecule has 0 N–H and O–H groups in total.